The predicted molar refractivity (Wildman–Crippen MR) is 77.4 cm³/mol. The molecule has 5 heteroatoms. The average molecular weight is 292 g/mol. The van der Waals surface area contributed by atoms with Gasteiger partial charge in [0.2, 0.25) is 0 Å². The summed E-state index contributed by atoms with van der Waals surface area (Å²) in [6.45, 7) is 2.54. The van der Waals surface area contributed by atoms with E-state index in [1.807, 2.05) is 37.3 Å². The van der Waals surface area contributed by atoms with Crippen LogP contribution < -0.4 is 10.6 Å². The maximum atomic E-state index is 12.7. The van der Waals surface area contributed by atoms with E-state index in [0.717, 1.165) is 17.7 Å². The Kier molecular flexibility index (Phi) is 3.08. The number of rotatable bonds is 1. The van der Waals surface area contributed by atoms with E-state index in [9.17, 15) is 13.2 Å². The summed E-state index contributed by atoms with van der Waals surface area (Å²) in [5.74, 6) is 0. The van der Waals surface area contributed by atoms with Gasteiger partial charge < -0.3 is 10.6 Å². The highest BCUT2D eigenvalue weighted by Gasteiger charge is 2.34. The first-order valence-electron chi connectivity index (χ1n) is 6.67. The Morgan fingerprint density at radius 3 is 2.38 bits per heavy atom. The van der Waals surface area contributed by atoms with Gasteiger partial charge in [-0.25, -0.2) is 0 Å². The zero-order chi connectivity index (χ0) is 15.1. The molecular weight excluding hydrogens is 277 g/mol. The Hall–Kier alpha value is -2.17. The van der Waals surface area contributed by atoms with Crippen LogP contribution in [0.4, 0.5) is 24.5 Å². The molecule has 2 aromatic carbocycles. The van der Waals surface area contributed by atoms with Crippen molar-refractivity contribution in [2.75, 3.05) is 17.2 Å². The van der Waals surface area contributed by atoms with Crippen molar-refractivity contribution in [1.29, 1.82) is 0 Å². The Bertz CT molecular complexity index is 652. The molecule has 1 unspecified atom stereocenters. The lowest BCUT2D eigenvalue weighted by Gasteiger charge is -2.38. The number of benzene rings is 2. The zero-order valence-corrected chi connectivity index (χ0v) is 11.5. The minimum Gasteiger partial charge on any atom is -0.381 e. The van der Waals surface area contributed by atoms with Gasteiger partial charge in [0.1, 0.15) is 0 Å². The van der Waals surface area contributed by atoms with Crippen LogP contribution in [-0.2, 0) is 11.7 Å². The molecule has 0 bridgehead atoms. The molecule has 1 heterocycles. The number of fused-ring (bicyclic) bond motifs is 1. The Morgan fingerprint density at radius 2 is 1.71 bits per heavy atom. The standard InChI is InChI=1S/C16H15F3N2/c1-15(11-5-3-2-4-6-11)10-20-14-9-12(16(17,18)19)7-8-13(14)21-15/h2-9,20-21H,10H2,1H3. The summed E-state index contributed by atoms with van der Waals surface area (Å²) in [4.78, 5) is 0. The number of nitrogens with one attached hydrogen (secondary N) is 2. The van der Waals surface area contributed by atoms with Crippen molar-refractivity contribution < 1.29 is 13.2 Å². The van der Waals surface area contributed by atoms with Crippen LogP contribution in [0.5, 0.6) is 0 Å². The van der Waals surface area contributed by atoms with E-state index in [-0.39, 0.29) is 5.54 Å². The average Bonchev–Trinajstić information content (AvgIpc) is 2.46. The molecule has 1 aliphatic rings. The molecule has 0 fully saturated rings. The van der Waals surface area contributed by atoms with Crippen molar-refractivity contribution in [2.45, 2.75) is 18.6 Å². The largest absolute Gasteiger partial charge is 0.416 e. The third-order valence-electron chi connectivity index (χ3n) is 3.80. The fourth-order valence-corrected chi connectivity index (χ4v) is 2.57. The Labute approximate surface area is 121 Å². The molecule has 0 saturated heterocycles. The van der Waals surface area contributed by atoms with Gasteiger partial charge in [0, 0.05) is 6.54 Å². The number of halogens is 3. The van der Waals surface area contributed by atoms with Gasteiger partial charge in [-0.15, -0.1) is 0 Å². The molecule has 0 aromatic heterocycles. The van der Waals surface area contributed by atoms with Gasteiger partial charge in [0.05, 0.1) is 22.5 Å². The molecule has 110 valence electrons. The van der Waals surface area contributed by atoms with Gasteiger partial charge in [-0.1, -0.05) is 30.3 Å². The van der Waals surface area contributed by atoms with E-state index in [4.69, 9.17) is 0 Å². The maximum absolute atomic E-state index is 12.7. The van der Waals surface area contributed by atoms with Crippen molar-refractivity contribution in [2.24, 2.45) is 0 Å². The third kappa shape index (κ3) is 2.55. The van der Waals surface area contributed by atoms with E-state index in [0.29, 0.717) is 17.9 Å². The quantitative estimate of drug-likeness (QED) is 0.811. The van der Waals surface area contributed by atoms with E-state index in [2.05, 4.69) is 10.6 Å². The number of hydrogen-bond acceptors (Lipinski definition) is 2. The van der Waals surface area contributed by atoms with E-state index < -0.39 is 11.7 Å². The first-order chi connectivity index (χ1) is 9.88. The second-order valence-corrected chi connectivity index (χ2v) is 5.43. The second kappa shape index (κ2) is 4.69. The summed E-state index contributed by atoms with van der Waals surface area (Å²) in [6, 6.07) is 13.6. The van der Waals surface area contributed by atoms with Gasteiger partial charge in [0.15, 0.2) is 0 Å². The number of hydrogen-bond donors (Lipinski definition) is 2. The van der Waals surface area contributed by atoms with Gasteiger partial charge in [0.25, 0.3) is 0 Å². The molecule has 0 aliphatic carbocycles. The van der Waals surface area contributed by atoms with Crippen LogP contribution in [0.2, 0.25) is 0 Å². The monoisotopic (exact) mass is 292 g/mol. The van der Waals surface area contributed by atoms with Crippen LogP contribution in [0.3, 0.4) is 0 Å². The lowest BCUT2D eigenvalue weighted by Crippen LogP contribution is -2.42. The van der Waals surface area contributed by atoms with Gasteiger partial charge in [-0.05, 0) is 30.7 Å². The Morgan fingerprint density at radius 1 is 1.00 bits per heavy atom. The molecule has 2 N–H and O–H groups in total. The minimum absolute atomic E-state index is 0.353. The van der Waals surface area contributed by atoms with Crippen molar-refractivity contribution in [3.05, 3.63) is 59.7 Å². The van der Waals surface area contributed by atoms with Crippen molar-refractivity contribution >= 4 is 11.4 Å². The number of alkyl halides is 3. The smallest absolute Gasteiger partial charge is 0.381 e. The Balaban J connectivity index is 1.93. The highest BCUT2D eigenvalue weighted by Crippen LogP contribution is 2.39. The predicted octanol–water partition coefficient (Wildman–Crippen LogP) is 4.46. The molecule has 1 atom stereocenters. The molecule has 21 heavy (non-hydrogen) atoms. The minimum atomic E-state index is -4.32. The molecule has 2 aromatic rings. The van der Waals surface area contributed by atoms with Crippen LogP contribution in [0, 0.1) is 0 Å². The number of anilines is 2. The fourth-order valence-electron chi connectivity index (χ4n) is 2.57. The van der Waals surface area contributed by atoms with Crippen LogP contribution in [0.1, 0.15) is 18.1 Å². The summed E-state index contributed by atoms with van der Waals surface area (Å²) < 4.78 is 38.2. The lowest BCUT2D eigenvalue weighted by molar-refractivity contribution is -0.137. The first-order valence-corrected chi connectivity index (χ1v) is 6.67. The van der Waals surface area contributed by atoms with E-state index in [1.165, 1.54) is 6.07 Å². The molecule has 0 radical (unpaired) electrons. The topological polar surface area (TPSA) is 24.1 Å². The van der Waals surface area contributed by atoms with Crippen LogP contribution in [0.15, 0.2) is 48.5 Å². The summed E-state index contributed by atoms with van der Waals surface area (Å²) in [5.41, 5.74) is 1.26. The van der Waals surface area contributed by atoms with E-state index >= 15 is 0 Å². The molecule has 2 nitrogen and oxygen atoms in total. The highest BCUT2D eigenvalue weighted by atomic mass is 19.4. The summed E-state index contributed by atoms with van der Waals surface area (Å²) in [6.07, 6.45) is -4.32. The van der Waals surface area contributed by atoms with Gasteiger partial charge >= 0.3 is 6.18 Å². The SMILES string of the molecule is CC1(c2ccccc2)CNc2cc(C(F)(F)F)ccc2N1. The van der Waals surface area contributed by atoms with Gasteiger partial charge in [-0.2, -0.15) is 13.2 Å². The van der Waals surface area contributed by atoms with E-state index in [1.54, 1.807) is 0 Å². The van der Waals surface area contributed by atoms with Crippen molar-refractivity contribution in [1.82, 2.24) is 0 Å². The molecule has 3 rings (SSSR count). The zero-order valence-electron chi connectivity index (χ0n) is 11.5. The molecular formula is C16H15F3N2. The lowest BCUT2D eigenvalue weighted by atomic mass is 9.89. The normalized spacial score (nSPS) is 21.1. The maximum Gasteiger partial charge on any atom is 0.416 e. The van der Waals surface area contributed by atoms with Crippen LogP contribution in [-0.4, -0.2) is 6.54 Å². The third-order valence-corrected chi connectivity index (χ3v) is 3.80. The van der Waals surface area contributed by atoms with Crippen molar-refractivity contribution in [3.8, 4) is 0 Å². The van der Waals surface area contributed by atoms with Crippen LogP contribution >= 0.6 is 0 Å². The molecule has 0 amide bonds. The van der Waals surface area contributed by atoms with Gasteiger partial charge in [-0.3, -0.25) is 0 Å². The molecule has 0 spiro atoms. The summed E-state index contributed by atoms with van der Waals surface area (Å²) in [7, 11) is 0. The van der Waals surface area contributed by atoms with Crippen molar-refractivity contribution in [3.63, 3.8) is 0 Å². The van der Waals surface area contributed by atoms with Crippen LogP contribution in [0.25, 0.3) is 0 Å². The highest BCUT2D eigenvalue weighted by molar-refractivity contribution is 5.73. The second-order valence-electron chi connectivity index (χ2n) is 5.43. The molecule has 0 saturated carbocycles. The fraction of sp³-hybridized carbons (Fsp3) is 0.250. The summed E-state index contributed by atoms with van der Waals surface area (Å²) >= 11 is 0. The summed E-state index contributed by atoms with van der Waals surface area (Å²) in [5, 5.41) is 6.44. The molecule has 1 aliphatic heterocycles. The first kappa shape index (κ1) is 13.8.